The second-order valence-electron chi connectivity index (χ2n) is 6.21. The molecule has 0 aliphatic heterocycles. The SMILES string of the molecule is COc1ccc(S(=O)(=O)Oc2ccccc2C=NNC(=O)Cc2ccccc2)cc1. The summed E-state index contributed by atoms with van der Waals surface area (Å²) in [6.45, 7) is 0. The van der Waals surface area contributed by atoms with E-state index < -0.39 is 10.1 Å². The van der Waals surface area contributed by atoms with Crippen LogP contribution in [0, 0.1) is 0 Å². The third-order valence-corrected chi connectivity index (χ3v) is 5.32. The highest BCUT2D eigenvalue weighted by Crippen LogP contribution is 2.23. The molecule has 3 aromatic rings. The highest BCUT2D eigenvalue weighted by atomic mass is 32.2. The fourth-order valence-corrected chi connectivity index (χ4v) is 3.52. The average Bonchev–Trinajstić information content (AvgIpc) is 2.75. The van der Waals surface area contributed by atoms with Gasteiger partial charge in [-0.2, -0.15) is 13.5 Å². The van der Waals surface area contributed by atoms with Crippen molar-refractivity contribution in [2.45, 2.75) is 11.3 Å². The first-order valence-electron chi connectivity index (χ1n) is 9.01. The minimum absolute atomic E-state index is 0.00814. The number of carbonyl (C=O) groups excluding carboxylic acids is 1. The van der Waals surface area contributed by atoms with Gasteiger partial charge < -0.3 is 8.92 Å². The quantitative estimate of drug-likeness (QED) is 0.341. The van der Waals surface area contributed by atoms with Gasteiger partial charge in [0.05, 0.1) is 19.7 Å². The van der Waals surface area contributed by atoms with E-state index in [4.69, 9.17) is 8.92 Å². The Bertz CT molecular complexity index is 1130. The maximum atomic E-state index is 12.6. The van der Waals surface area contributed by atoms with Crippen LogP contribution in [0.2, 0.25) is 0 Å². The number of rotatable bonds is 8. The van der Waals surface area contributed by atoms with Gasteiger partial charge in [0.15, 0.2) is 5.75 Å². The Morgan fingerprint density at radius 2 is 1.63 bits per heavy atom. The molecule has 7 nitrogen and oxygen atoms in total. The number of methoxy groups -OCH3 is 1. The van der Waals surface area contributed by atoms with Crippen molar-refractivity contribution in [3.63, 3.8) is 0 Å². The molecule has 1 amide bonds. The lowest BCUT2D eigenvalue weighted by molar-refractivity contribution is -0.120. The zero-order valence-corrected chi connectivity index (χ0v) is 17.0. The van der Waals surface area contributed by atoms with Gasteiger partial charge in [-0.15, -0.1) is 0 Å². The van der Waals surface area contributed by atoms with Crippen molar-refractivity contribution >= 4 is 22.2 Å². The van der Waals surface area contributed by atoms with Crippen LogP contribution in [0.15, 0.2) is 88.9 Å². The molecule has 0 aliphatic rings. The molecule has 0 fully saturated rings. The van der Waals surface area contributed by atoms with Gasteiger partial charge in [0, 0.05) is 5.56 Å². The van der Waals surface area contributed by atoms with Crippen molar-refractivity contribution in [1.82, 2.24) is 5.43 Å². The van der Waals surface area contributed by atoms with E-state index in [0.717, 1.165) is 5.56 Å². The van der Waals surface area contributed by atoms with Crippen molar-refractivity contribution in [2.75, 3.05) is 7.11 Å². The zero-order chi connectivity index (χ0) is 21.4. The number of hydrogen-bond donors (Lipinski definition) is 1. The summed E-state index contributed by atoms with van der Waals surface area (Å²) in [5, 5.41) is 3.91. The molecule has 0 bridgehead atoms. The summed E-state index contributed by atoms with van der Waals surface area (Å²) in [5.41, 5.74) is 3.68. The molecule has 1 N–H and O–H groups in total. The number of nitrogens with zero attached hydrogens (tertiary/aromatic N) is 1. The zero-order valence-electron chi connectivity index (χ0n) is 16.2. The number of hydrogen-bond acceptors (Lipinski definition) is 6. The van der Waals surface area contributed by atoms with E-state index in [-0.39, 0.29) is 23.0 Å². The van der Waals surface area contributed by atoms with Crippen LogP contribution in [0.5, 0.6) is 11.5 Å². The van der Waals surface area contributed by atoms with Gasteiger partial charge in [0.1, 0.15) is 10.6 Å². The number of ether oxygens (including phenoxy) is 1. The summed E-state index contributed by atoms with van der Waals surface area (Å²) >= 11 is 0. The highest BCUT2D eigenvalue weighted by molar-refractivity contribution is 7.87. The van der Waals surface area contributed by atoms with Crippen LogP contribution in [0.1, 0.15) is 11.1 Å². The second kappa shape index (κ2) is 9.71. The summed E-state index contributed by atoms with van der Waals surface area (Å²) in [7, 11) is -2.55. The van der Waals surface area contributed by atoms with Gasteiger partial charge in [-0.25, -0.2) is 5.43 Å². The monoisotopic (exact) mass is 424 g/mol. The van der Waals surface area contributed by atoms with Crippen LogP contribution in [0.3, 0.4) is 0 Å². The molecule has 0 unspecified atom stereocenters. The fraction of sp³-hybridized carbons (Fsp3) is 0.0909. The van der Waals surface area contributed by atoms with E-state index >= 15 is 0 Å². The Morgan fingerprint density at radius 1 is 0.967 bits per heavy atom. The standard InChI is InChI=1S/C22H20N2O5S/c1-28-19-11-13-20(14-12-19)30(26,27)29-21-10-6-5-9-18(21)16-23-24-22(25)15-17-7-3-2-4-8-17/h2-14,16H,15H2,1H3,(H,24,25). The average molecular weight is 424 g/mol. The molecule has 0 saturated heterocycles. The third kappa shape index (κ3) is 5.68. The molecule has 0 heterocycles. The summed E-state index contributed by atoms with van der Waals surface area (Å²) in [4.78, 5) is 12.0. The molecular formula is C22H20N2O5S. The van der Waals surface area contributed by atoms with E-state index in [1.165, 1.54) is 43.7 Å². The van der Waals surface area contributed by atoms with Crippen LogP contribution in [-0.4, -0.2) is 27.6 Å². The van der Waals surface area contributed by atoms with Crippen LogP contribution in [0.4, 0.5) is 0 Å². The Balaban J connectivity index is 1.69. The largest absolute Gasteiger partial charge is 0.497 e. The number of carbonyl (C=O) groups is 1. The summed E-state index contributed by atoms with van der Waals surface area (Å²) < 4.78 is 35.4. The molecule has 3 rings (SSSR count). The molecule has 0 aliphatic carbocycles. The first-order chi connectivity index (χ1) is 14.5. The van der Waals surface area contributed by atoms with Crippen molar-refractivity contribution in [1.29, 1.82) is 0 Å². The van der Waals surface area contributed by atoms with Gasteiger partial charge in [0.25, 0.3) is 0 Å². The number of benzene rings is 3. The van der Waals surface area contributed by atoms with Crippen molar-refractivity contribution in [3.8, 4) is 11.5 Å². The van der Waals surface area contributed by atoms with Crippen LogP contribution < -0.4 is 14.3 Å². The van der Waals surface area contributed by atoms with E-state index in [9.17, 15) is 13.2 Å². The normalized spacial score (nSPS) is 11.2. The summed E-state index contributed by atoms with van der Waals surface area (Å²) in [6, 6.07) is 21.6. The predicted molar refractivity (Wildman–Crippen MR) is 113 cm³/mol. The lowest BCUT2D eigenvalue weighted by Gasteiger charge is -2.09. The Morgan fingerprint density at radius 3 is 2.33 bits per heavy atom. The van der Waals surface area contributed by atoms with Gasteiger partial charge in [0.2, 0.25) is 5.91 Å². The van der Waals surface area contributed by atoms with Gasteiger partial charge in [-0.1, -0.05) is 42.5 Å². The highest BCUT2D eigenvalue weighted by Gasteiger charge is 2.18. The first-order valence-corrected chi connectivity index (χ1v) is 10.4. The molecule has 0 spiro atoms. The van der Waals surface area contributed by atoms with Gasteiger partial charge in [-0.3, -0.25) is 4.79 Å². The Kier molecular flexibility index (Phi) is 6.82. The van der Waals surface area contributed by atoms with E-state index in [2.05, 4.69) is 10.5 Å². The van der Waals surface area contributed by atoms with Crippen molar-refractivity contribution in [3.05, 3.63) is 90.0 Å². The van der Waals surface area contributed by atoms with Crippen LogP contribution >= 0.6 is 0 Å². The van der Waals surface area contributed by atoms with Gasteiger partial charge >= 0.3 is 10.1 Å². The minimum atomic E-state index is -4.05. The topological polar surface area (TPSA) is 94.1 Å². The van der Waals surface area contributed by atoms with Crippen LogP contribution in [-0.2, 0) is 21.3 Å². The summed E-state index contributed by atoms with van der Waals surface area (Å²) in [5.74, 6) is 0.337. The minimum Gasteiger partial charge on any atom is -0.497 e. The molecule has 0 atom stereocenters. The lowest BCUT2D eigenvalue weighted by Crippen LogP contribution is -2.19. The number of nitrogens with one attached hydrogen (secondary N) is 1. The van der Waals surface area contributed by atoms with Gasteiger partial charge in [-0.05, 0) is 42.0 Å². The smallest absolute Gasteiger partial charge is 0.339 e. The Labute approximate surface area is 175 Å². The molecule has 30 heavy (non-hydrogen) atoms. The number of hydrazone groups is 1. The van der Waals surface area contributed by atoms with E-state index in [1.54, 1.807) is 18.2 Å². The summed E-state index contributed by atoms with van der Waals surface area (Å²) in [6.07, 6.45) is 1.52. The molecule has 0 radical (unpaired) electrons. The Hall–Kier alpha value is -3.65. The van der Waals surface area contributed by atoms with E-state index in [1.807, 2.05) is 30.3 Å². The van der Waals surface area contributed by atoms with E-state index in [0.29, 0.717) is 11.3 Å². The molecule has 8 heteroatoms. The lowest BCUT2D eigenvalue weighted by atomic mass is 10.1. The molecule has 0 aromatic heterocycles. The van der Waals surface area contributed by atoms with Crippen LogP contribution in [0.25, 0.3) is 0 Å². The maximum Gasteiger partial charge on any atom is 0.339 e. The predicted octanol–water partition coefficient (Wildman–Crippen LogP) is 3.16. The number of para-hydroxylation sites is 1. The molecule has 154 valence electrons. The molecule has 0 saturated carbocycles. The second-order valence-corrected chi connectivity index (χ2v) is 7.75. The molecule has 3 aromatic carbocycles. The van der Waals surface area contributed by atoms with Crippen molar-refractivity contribution in [2.24, 2.45) is 5.10 Å². The third-order valence-electron chi connectivity index (χ3n) is 4.07. The molecular weight excluding hydrogens is 404 g/mol. The maximum absolute atomic E-state index is 12.6. The fourth-order valence-electron chi connectivity index (χ4n) is 2.57. The van der Waals surface area contributed by atoms with Crippen molar-refractivity contribution < 1.29 is 22.1 Å². The number of amides is 1. The first kappa shape index (κ1) is 21.1.